The van der Waals surface area contributed by atoms with Gasteiger partial charge < -0.3 is 19.9 Å². The summed E-state index contributed by atoms with van der Waals surface area (Å²) in [5, 5.41) is 12.0. The molecule has 1 aromatic heterocycles. The Morgan fingerprint density at radius 3 is 2.89 bits per heavy atom. The molecule has 0 saturated heterocycles. The minimum Gasteiger partial charge on any atom is -0.478 e. The number of hydrogen-bond acceptors (Lipinski definition) is 5. The van der Waals surface area contributed by atoms with E-state index in [-0.39, 0.29) is 5.56 Å². The highest BCUT2D eigenvalue weighted by Crippen LogP contribution is 2.15. The second kappa shape index (κ2) is 7.62. The fourth-order valence-electron chi connectivity index (χ4n) is 1.38. The summed E-state index contributed by atoms with van der Waals surface area (Å²) in [7, 11) is 1.61. The van der Waals surface area contributed by atoms with Crippen LogP contribution in [0.2, 0.25) is 0 Å². The van der Waals surface area contributed by atoms with Gasteiger partial charge in [-0.05, 0) is 13.0 Å². The molecule has 1 aromatic rings. The van der Waals surface area contributed by atoms with Crippen LogP contribution in [-0.2, 0) is 9.47 Å². The van der Waals surface area contributed by atoms with Crippen LogP contribution in [0.4, 0.5) is 5.69 Å². The molecule has 0 aliphatic rings. The molecule has 18 heavy (non-hydrogen) atoms. The summed E-state index contributed by atoms with van der Waals surface area (Å²) in [6, 6.07) is 1.71. The number of methoxy groups -OCH3 is 1. The number of carbonyl (C=O) groups is 1. The summed E-state index contributed by atoms with van der Waals surface area (Å²) in [6.45, 7) is 3.91. The van der Waals surface area contributed by atoms with Crippen LogP contribution in [0.15, 0.2) is 12.3 Å². The highest BCUT2D eigenvalue weighted by molar-refractivity contribution is 5.93. The molecule has 0 spiro atoms. The molecular weight excluding hydrogens is 236 g/mol. The summed E-state index contributed by atoms with van der Waals surface area (Å²) in [6.07, 6.45) is 1.35. The van der Waals surface area contributed by atoms with Gasteiger partial charge in [-0.25, -0.2) is 4.79 Å². The third kappa shape index (κ3) is 4.68. The Morgan fingerprint density at radius 2 is 2.22 bits per heavy atom. The van der Waals surface area contributed by atoms with Gasteiger partial charge in [0.25, 0.3) is 0 Å². The molecule has 100 valence electrons. The Bertz CT molecular complexity index is 396. The Balaban J connectivity index is 2.45. The molecule has 1 rings (SSSR count). The fourth-order valence-corrected chi connectivity index (χ4v) is 1.38. The van der Waals surface area contributed by atoms with Crippen LogP contribution in [0.3, 0.4) is 0 Å². The van der Waals surface area contributed by atoms with Crippen molar-refractivity contribution < 1.29 is 19.4 Å². The number of nitrogens with one attached hydrogen (secondary N) is 1. The molecule has 0 fully saturated rings. The zero-order valence-corrected chi connectivity index (χ0v) is 10.6. The number of pyridine rings is 1. The molecule has 0 amide bonds. The van der Waals surface area contributed by atoms with Gasteiger partial charge in [0.15, 0.2) is 0 Å². The average Bonchev–Trinajstić information content (AvgIpc) is 2.33. The first kappa shape index (κ1) is 14.4. The van der Waals surface area contributed by atoms with Crippen LogP contribution in [0.25, 0.3) is 0 Å². The van der Waals surface area contributed by atoms with Crippen LogP contribution in [0, 0.1) is 6.92 Å². The van der Waals surface area contributed by atoms with E-state index in [2.05, 4.69) is 10.3 Å². The first-order valence-corrected chi connectivity index (χ1v) is 5.65. The zero-order valence-electron chi connectivity index (χ0n) is 10.6. The predicted molar refractivity (Wildman–Crippen MR) is 67.1 cm³/mol. The molecule has 0 aliphatic carbocycles. The van der Waals surface area contributed by atoms with E-state index in [9.17, 15) is 4.79 Å². The highest BCUT2D eigenvalue weighted by Gasteiger charge is 2.10. The number of ether oxygens (including phenoxy) is 2. The Hall–Kier alpha value is -1.66. The number of aromatic carboxylic acids is 1. The van der Waals surface area contributed by atoms with E-state index in [0.717, 1.165) is 5.69 Å². The zero-order chi connectivity index (χ0) is 13.4. The quantitative estimate of drug-likeness (QED) is 0.678. The monoisotopic (exact) mass is 254 g/mol. The summed E-state index contributed by atoms with van der Waals surface area (Å²) < 4.78 is 10.1. The summed E-state index contributed by atoms with van der Waals surface area (Å²) in [4.78, 5) is 14.9. The number of nitrogens with zero attached hydrogens (tertiary/aromatic N) is 1. The highest BCUT2D eigenvalue weighted by atomic mass is 16.5. The maximum absolute atomic E-state index is 11.0. The molecule has 6 heteroatoms. The molecule has 0 aliphatic heterocycles. The Morgan fingerprint density at radius 1 is 1.44 bits per heavy atom. The number of carboxylic acids is 1. The standard InChI is InChI=1S/C12H18N2O4/c1-9-7-11(10(8-14-9)12(15)16)13-3-4-18-6-5-17-2/h7-8H,3-6H2,1-2H3,(H,13,14)(H,15,16). The van der Waals surface area contributed by atoms with Crippen LogP contribution in [-0.4, -0.2) is 49.5 Å². The number of aryl methyl sites for hydroxylation is 1. The third-order valence-electron chi connectivity index (χ3n) is 2.26. The number of hydrogen-bond donors (Lipinski definition) is 2. The van der Waals surface area contributed by atoms with Gasteiger partial charge in [-0.1, -0.05) is 0 Å². The van der Waals surface area contributed by atoms with Crippen LogP contribution in [0.1, 0.15) is 16.1 Å². The molecule has 0 unspecified atom stereocenters. The summed E-state index contributed by atoms with van der Waals surface area (Å²) in [5.74, 6) is -0.995. The van der Waals surface area contributed by atoms with Crippen molar-refractivity contribution in [2.45, 2.75) is 6.92 Å². The van der Waals surface area contributed by atoms with Crippen molar-refractivity contribution in [1.29, 1.82) is 0 Å². The molecule has 6 nitrogen and oxygen atoms in total. The van der Waals surface area contributed by atoms with E-state index in [4.69, 9.17) is 14.6 Å². The minimum atomic E-state index is -0.995. The largest absolute Gasteiger partial charge is 0.478 e. The Kier molecular flexibility index (Phi) is 6.10. The van der Waals surface area contributed by atoms with Crippen LogP contribution < -0.4 is 5.32 Å². The molecule has 0 radical (unpaired) electrons. The van der Waals surface area contributed by atoms with E-state index < -0.39 is 5.97 Å². The fraction of sp³-hybridized carbons (Fsp3) is 0.500. The van der Waals surface area contributed by atoms with Gasteiger partial charge in [-0.2, -0.15) is 0 Å². The maximum atomic E-state index is 11.0. The van der Waals surface area contributed by atoms with Gasteiger partial charge in [0.2, 0.25) is 0 Å². The third-order valence-corrected chi connectivity index (χ3v) is 2.26. The van der Waals surface area contributed by atoms with Gasteiger partial charge in [-0.3, -0.25) is 4.98 Å². The lowest BCUT2D eigenvalue weighted by Crippen LogP contribution is -2.14. The first-order valence-electron chi connectivity index (χ1n) is 5.65. The van der Waals surface area contributed by atoms with Crippen molar-refractivity contribution in [3.63, 3.8) is 0 Å². The average molecular weight is 254 g/mol. The molecule has 0 aromatic carbocycles. The molecule has 0 bridgehead atoms. The smallest absolute Gasteiger partial charge is 0.339 e. The van der Waals surface area contributed by atoms with Gasteiger partial charge >= 0.3 is 5.97 Å². The van der Waals surface area contributed by atoms with Crippen LogP contribution >= 0.6 is 0 Å². The normalized spacial score (nSPS) is 10.3. The number of carboxylic acid groups (broad SMARTS) is 1. The Labute approximate surface area is 106 Å². The van der Waals surface area contributed by atoms with E-state index in [1.807, 2.05) is 6.92 Å². The number of aromatic nitrogens is 1. The van der Waals surface area contributed by atoms with E-state index in [0.29, 0.717) is 32.1 Å². The van der Waals surface area contributed by atoms with Crippen molar-refractivity contribution in [2.75, 3.05) is 38.8 Å². The van der Waals surface area contributed by atoms with Crippen LogP contribution in [0.5, 0.6) is 0 Å². The predicted octanol–water partition coefficient (Wildman–Crippen LogP) is 1.16. The van der Waals surface area contributed by atoms with E-state index >= 15 is 0 Å². The van der Waals surface area contributed by atoms with Crippen molar-refractivity contribution in [3.8, 4) is 0 Å². The maximum Gasteiger partial charge on any atom is 0.339 e. The van der Waals surface area contributed by atoms with Gasteiger partial charge in [0.1, 0.15) is 5.56 Å². The second-order valence-electron chi connectivity index (χ2n) is 3.71. The molecule has 0 saturated carbocycles. The summed E-state index contributed by atoms with van der Waals surface area (Å²) in [5.41, 5.74) is 1.49. The SMILES string of the molecule is COCCOCCNc1cc(C)ncc1C(=O)O. The van der Waals surface area contributed by atoms with Crippen molar-refractivity contribution >= 4 is 11.7 Å². The van der Waals surface area contributed by atoms with Crippen molar-refractivity contribution in [1.82, 2.24) is 4.98 Å². The lowest BCUT2D eigenvalue weighted by atomic mass is 10.2. The van der Waals surface area contributed by atoms with E-state index in [1.54, 1.807) is 13.2 Å². The van der Waals surface area contributed by atoms with Gasteiger partial charge in [-0.15, -0.1) is 0 Å². The molecule has 2 N–H and O–H groups in total. The molecule has 0 atom stereocenters. The lowest BCUT2D eigenvalue weighted by Gasteiger charge is -2.10. The van der Waals surface area contributed by atoms with Gasteiger partial charge in [0, 0.05) is 25.5 Å². The summed E-state index contributed by atoms with van der Waals surface area (Å²) >= 11 is 0. The van der Waals surface area contributed by atoms with Gasteiger partial charge in [0.05, 0.1) is 25.5 Å². The minimum absolute atomic E-state index is 0.164. The van der Waals surface area contributed by atoms with Crippen molar-refractivity contribution in [3.05, 3.63) is 23.5 Å². The van der Waals surface area contributed by atoms with Crippen molar-refractivity contribution in [2.24, 2.45) is 0 Å². The topological polar surface area (TPSA) is 80.7 Å². The molecular formula is C12H18N2O4. The number of rotatable bonds is 8. The van der Waals surface area contributed by atoms with E-state index in [1.165, 1.54) is 6.20 Å². The lowest BCUT2D eigenvalue weighted by molar-refractivity contribution is 0.0696. The molecule has 1 heterocycles. The first-order chi connectivity index (χ1) is 8.65. The number of anilines is 1. The second-order valence-corrected chi connectivity index (χ2v) is 3.71.